The van der Waals surface area contributed by atoms with Crippen molar-refractivity contribution in [1.29, 1.82) is 0 Å². The van der Waals surface area contributed by atoms with Crippen LogP contribution in [-0.2, 0) is 0 Å². The van der Waals surface area contributed by atoms with Crippen LogP contribution in [0.2, 0.25) is 0 Å². The lowest BCUT2D eigenvalue weighted by atomic mass is 10.1. The van der Waals surface area contributed by atoms with Crippen molar-refractivity contribution in [2.75, 3.05) is 0 Å². The zero-order valence-electron chi connectivity index (χ0n) is 23.7. The lowest BCUT2D eigenvalue weighted by Gasteiger charge is -2.10. The smallest absolute Gasteiger partial charge is 0.164 e. The number of rotatable bonds is 5. The molecule has 2 aromatic heterocycles. The Morgan fingerprint density at radius 3 is 1.20 bits per heavy atom. The second-order valence-electron chi connectivity index (χ2n) is 10.7. The normalized spacial score (nSPS) is 11.2. The Labute approximate surface area is 254 Å². The molecule has 8 aromatic rings. The first-order chi connectivity index (χ1) is 21.8. The fourth-order valence-electron chi connectivity index (χ4n) is 5.45. The van der Waals surface area contributed by atoms with Gasteiger partial charge >= 0.3 is 0 Å². The van der Waals surface area contributed by atoms with Gasteiger partial charge in [-0.25, -0.2) is 24.9 Å². The van der Waals surface area contributed by atoms with Crippen LogP contribution < -0.4 is 0 Å². The van der Waals surface area contributed by atoms with E-state index in [2.05, 4.69) is 82.8 Å². The van der Waals surface area contributed by atoms with Crippen molar-refractivity contribution in [1.82, 2.24) is 24.9 Å². The predicted octanol–water partition coefficient (Wildman–Crippen LogP) is 9.30. The molecule has 6 aromatic carbocycles. The molecule has 5 nitrogen and oxygen atoms in total. The summed E-state index contributed by atoms with van der Waals surface area (Å²) in [6.45, 7) is 0. The van der Waals surface area contributed by atoms with Crippen molar-refractivity contribution in [3.05, 3.63) is 152 Å². The number of fused-ring (bicyclic) bond motifs is 2. The molecule has 0 atom stereocenters. The van der Waals surface area contributed by atoms with Crippen molar-refractivity contribution in [2.45, 2.75) is 0 Å². The molecular formula is C39H25N5. The summed E-state index contributed by atoms with van der Waals surface area (Å²) in [6.07, 6.45) is 3.73. The van der Waals surface area contributed by atoms with Crippen LogP contribution >= 0.6 is 0 Å². The zero-order valence-corrected chi connectivity index (χ0v) is 23.7. The average Bonchev–Trinajstić information content (AvgIpc) is 3.11. The summed E-state index contributed by atoms with van der Waals surface area (Å²) >= 11 is 0. The number of nitrogens with zero attached hydrogens (tertiary/aromatic N) is 5. The molecule has 8 rings (SSSR count). The topological polar surface area (TPSA) is 64.5 Å². The third-order valence-electron chi connectivity index (χ3n) is 7.81. The van der Waals surface area contributed by atoms with E-state index in [0.29, 0.717) is 23.3 Å². The second kappa shape index (κ2) is 11.0. The van der Waals surface area contributed by atoms with E-state index < -0.39 is 0 Å². The molecule has 5 heteroatoms. The second-order valence-corrected chi connectivity index (χ2v) is 10.7. The Morgan fingerprint density at radius 1 is 0.273 bits per heavy atom. The molecule has 0 unspecified atom stereocenters. The highest BCUT2D eigenvalue weighted by molar-refractivity contribution is 5.88. The number of hydrogen-bond donors (Lipinski definition) is 0. The Balaban J connectivity index is 1.19. The molecule has 0 aliphatic carbocycles. The molecule has 206 valence electrons. The molecule has 0 spiro atoms. The van der Waals surface area contributed by atoms with Gasteiger partial charge in [-0.1, -0.05) is 127 Å². The van der Waals surface area contributed by atoms with Crippen molar-refractivity contribution in [3.63, 3.8) is 0 Å². The van der Waals surface area contributed by atoms with Crippen molar-refractivity contribution >= 4 is 21.5 Å². The van der Waals surface area contributed by atoms with E-state index in [4.69, 9.17) is 15.0 Å². The highest BCUT2D eigenvalue weighted by atomic mass is 15.0. The first kappa shape index (κ1) is 25.6. The van der Waals surface area contributed by atoms with Gasteiger partial charge in [-0.2, -0.15) is 0 Å². The first-order valence-corrected chi connectivity index (χ1v) is 14.5. The monoisotopic (exact) mass is 563 g/mol. The first-order valence-electron chi connectivity index (χ1n) is 14.5. The summed E-state index contributed by atoms with van der Waals surface area (Å²) in [7, 11) is 0. The minimum Gasteiger partial charge on any atom is -0.236 e. The maximum absolute atomic E-state index is 4.97. The van der Waals surface area contributed by atoms with E-state index >= 15 is 0 Å². The van der Waals surface area contributed by atoms with Gasteiger partial charge in [-0.15, -0.1) is 0 Å². The molecule has 2 heterocycles. The van der Waals surface area contributed by atoms with Crippen LogP contribution in [0.5, 0.6) is 0 Å². The van der Waals surface area contributed by atoms with Gasteiger partial charge in [0.15, 0.2) is 23.3 Å². The third kappa shape index (κ3) is 4.97. The highest BCUT2D eigenvalue weighted by Gasteiger charge is 2.14. The molecule has 44 heavy (non-hydrogen) atoms. The Hall–Kier alpha value is -6.07. The van der Waals surface area contributed by atoms with Crippen molar-refractivity contribution in [2.24, 2.45) is 0 Å². The van der Waals surface area contributed by atoms with Crippen molar-refractivity contribution in [3.8, 4) is 56.7 Å². The van der Waals surface area contributed by atoms with E-state index in [9.17, 15) is 0 Å². The summed E-state index contributed by atoms with van der Waals surface area (Å²) in [5.74, 6) is 2.54. The van der Waals surface area contributed by atoms with Gasteiger partial charge in [0.1, 0.15) is 0 Å². The van der Waals surface area contributed by atoms with Gasteiger partial charge in [-0.05, 0) is 39.2 Å². The number of benzene rings is 6. The van der Waals surface area contributed by atoms with E-state index in [-0.39, 0.29) is 0 Å². The summed E-state index contributed by atoms with van der Waals surface area (Å²) < 4.78 is 0. The maximum atomic E-state index is 4.97. The minimum absolute atomic E-state index is 0.609. The van der Waals surface area contributed by atoms with Gasteiger partial charge in [0.2, 0.25) is 0 Å². The van der Waals surface area contributed by atoms with Gasteiger partial charge in [0, 0.05) is 40.2 Å². The van der Waals surface area contributed by atoms with Crippen LogP contribution in [0.25, 0.3) is 78.2 Å². The zero-order chi connectivity index (χ0) is 29.3. The van der Waals surface area contributed by atoms with E-state index in [1.807, 2.05) is 79.1 Å². The molecule has 0 aliphatic rings. The van der Waals surface area contributed by atoms with Crippen LogP contribution in [-0.4, -0.2) is 24.9 Å². The Bertz CT molecular complexity index is 2160. The highest BCUT2D eigenvalue weighted by Crippen LogP contribution is 2.29. The summed E-state index contributed by atoms with van der Waals surface area (Å²) in [4.78, 5) is 24.2. The quantitative estimate of drug-likeness (QED) is 0.209. The summed E-state index contributed by atoms with van der Waals surface area (Å²) in [5.41, 5.74) is 5.77. The van der Waals surface area contributed by atoms with E-state index in [0.717, 1.165) is 44.2 Å². The lowest BCUT2D eigenvalue weighted by Crippen LogP contribution is -2.00. The molecule has 0 bridgehead atoms. The lowest BCUT2D eigenvalue weighted by molar-refractivity contribution is 1.07. The molecule has 0 amide bonds. The van der Waals surface area contributed by atoms with Crippen LogP contribution in [0.4, 0.5) is 0 Å². The van der Waals surface area contributed by atoms with Gasteiger partial charge in [0.05, 0.1) is 0 Å². The van der Waals surface area contributed by atoms with Crippen LogP contribution in [0.1, 0.15) is 0 Å². The molecule has 0 fully saturated rings. The van der Waals surface area contributed by atoms with E-state index in [1.54, 1.807) is 0 Å². The fraction of sp³-hybridized carbons (Fsp3) is 0. The van der Waals surface area contributed by atoms with Crippen LogP contribution in [0.3, 0.4) is 0 Å². The molecule has 0 saturated carbocycles. The maximum Gasteiger partial charge on any atom is 0.164 e. The third-order valence-corrected chi connectivity index (χ3v) is 7.81. The van der Waals surface area contributed by atoms with Crippen LogP contribution in [0.15, 0.2) is 152 Å². The van der Waals surface area contributed by atoms with E-state index in [1.165, 1.54) is 10.8 Å². The molecule has 0 N–H and O–H groups in total. The average molecular weight is 564 g/mol. The molecule has 0 saturated heterocycles. The SMILES string of the molecule is c1ccc(-c2cnc(-c3ccc(-c4nc(-c5ccc6ccccc6c5)nc(-c5ccc6ccccc6c5)n4)cc3)nc2)cc1. The van der Waals surface area contributed by atoms with Crippen LogP contribution in [0, 0.1) is 0 Å². The summed E-state index contributed by atoms with van der Waals surface area (Å²) in [5, 5.41) is 4.63. The van der Waals surface area contributed by atoms with Gasteiger partial charge in [0.25, 0.3) is 0 Å². The fourth-order valence-corrected chi connectivity index (χ4v) is 5.45. The Morgan fingerprint density at radius 2 is 0.682 bits per heavy atom. The number of hydrogen-bond acceptors (Lipinski definition) is 5. The van der Waals surface area contributed by atoms with Gasteiger partial charge < -0.3 is 0 Å². The molecular weight excluding hydrogens is 538 g/mol. The standard InChI is InChI=1S/C39H25N5/c1-2-8-26(9-3-1)35-24-40-36(41-25-35)29-16-18-30(19-17-29)37-42-38(33-20-14-27-10-4-6-12-31(27)22-33)44-39(43-37)34-21-15-28-11-5-7-13-32(28)23-34/h1-25H. The van der Waals surface area contributed by atoms with Crippen molar-refractivity contribution < 1.29 is 0 Å². The molecule has 0 radical (unpaired) electrons. The Kier molecular flexibility index (Phi) is 6.39. The number of aromatic nitrogens is 5. The largest absolute Gasteiger partial charge is 0.236 e. The summed E-state index contributed by atoms with van der Waals surface area (Å²) in [6, 6.07) is 47.5. The predicted molar refractivity (Wildman–Crippen MR) is 178 cm³/mol. The van der Waals surface area contributed by atoms with Gasteiger partial charge in [-0.3, -0.25) is 0 Å². The molecule has 0 aliphatic heterocycles. The minimum atomic E-state index is 0.609.